The second-order valence-corrected chi connectivity index (χ2v) is 7.16. The van der Waals surface area contributed by atoms with Gasteiger partial charge in [-0.1, -0.05) is 22.9 Å². The topological polar surface area (TPSA) is 91.8 Å². The van der Waals surface area contributed by atoms with Gasteiger partial charge >= 0.3 is 6.18 Å². The summed E-state index contributed by atoms with van der Waals surface area (Å²) >= 11 is 7.25. The molecule has 1 aliphatic rings. The summed E-state index contributed by atoms with van der Waals surface area (Å²) in [6.07, 6.45) is -3.31. The number of thiazole rings is 1. The molecule has 0 aliphatic carbocycles. The van der Waals surface area contributed by atoms with E-state index in [0.717, 1.165) is 11.3 Å². The Morgan fingerprint density at radius 2 is 2.12 bits per heavy atom. The molecule has 1 unspecified atom stereocenters. The maximum atomic E-state index is 12.9. The molecule has 7 nitrogen and oxygen atoms in total. The second kappa shape index (κ2) is 6.54. The summed E-state index contributed by atoms with van der Waals surface area (Å²) in [6, 6.07) is 0. The van der Waals surface area contributed by atoms with Gasteiger partial charge in [0.05, 0.1) is 5.41 Å². The van der Waals surface area contributed by atoms with E-state index in [1.54, 1.807) is 6.92 Å². The minimum absolute atomic E-state index is 0.0690. The number of amides is 1. The van der Waals surface area contributed by atoms with E-state index in [0.29, 0.717) is 29.2 Å². The van der Waals surface area contributed by atoms with E-state index in [1.807, 2.05) is 0 Å². The molecular formula is C14H14ClF3N6OS. The van der Waals surface area contributed by atoms with Crippen molar-refractivity contribution in [1.82, 2.24) is 20.3 Å². The van der Waals surface area contributed by atoms with E-state index in [2.05, 4.69) is 30.9 Å². The van der Waals surface area contributed by atoms with Crippen LogP contribution in [-0.2, 0) is 16.4 Å². The fourth-order valence-corrected chi connectivity index (χ4v) is 3.82. The van der Waals surface area contributed by atoms with Crippen LogP contribution in [0.3, 0.4) is 0 Å². The third-order valence-electron chi connectivity index (χ3n) is 4.03. The number of nitrogens with zero attached hydrogens (tertiary/aromatic N) is 3. The van der Waals surface area contributed by atoms with E-state index in [4.69, 9.17) is 11.6 Å². The van der Waals surface area contributed by atoms with E-state index >= 15 is 0 Å². The molecule has 3 N–H and O–H groups in total. The predicted octanol–water partition coefficient (Wildman–Crippen LogP) is 3.17. The Morgan fingerprint density at radius 3 is 2.69 bits per heavy atom. The quantitative estimate of drug-likeness (QED) is 0.722. The molecule has 1 aliphatic heterocycles. The molecule has 3 heterocycles. The molecule has 12 heteroatoms. The fourth-order valence-electron chi connectivity index (χ4n) is 2.49. The van der Waals surface area contributed by atoms with Crippen LogP contribution in [0.5, 0.6) is 0 Å². The van der Waals surface area contributed by atoms with Crippen LogP contribution in [0.1, 0.15) is 23.9 Å². The SMILES string of the molecule is CNc1nc(Nc2sc(C3(C)CCNC3=O)nc2Cl)ncc1C(F)(F)F. The first kappa shape index (κ1) is 18.6. The number of halogens is 4. The van der Waals surface area contributed by atoms with Gasteiger partial charge in [-0.15, -0.1) is 0 Å². The summed E-state index contributed by atoms with van der Waals surface area (Å²) in [5, 5.41) is 8.87. The molecule has 2 aromatic rings. The lowest BCUT2D eigenvalue weighted by Gasteiger charge is -2.16. The van der Waals surface area contributed by atoms with Gasteiger partial charge in [-0.2, -0.15) is 18.2 Å². The Morgan fingerprint density at radius 1 is 1.38 bits per heavy atom. The average Bonchev–Trinajstić information content (AvgIpc) is 3.10. The van der Waals surface area contributed by atoms with Crippen LogP contribution in [0.2, 0.25) is 5.15 Å². The average molecular weight is 407 g/mol. The van der Waals surface area contributed by atoms with Gasteiger partial charge < -0.3 is 16.0 Å². The molecule has 0 aromatic carbocycles. The molecule has 0 radical (unpaired) electrons. The zero-order chi connectivity index (χ0) is 19.1. The summed E-state index contributed by atoms with van der Waals surface area (Å²) < 4.78 is 38.7. The Hall–Kier alpha value is -2.14. The molecular weight excluding hydrogens is 393 g/mol. The van der Waals surface area contributed by atoms with Gasteiger partial charge in [-0.3, -0.25) is 4.79 Å². The van der Waals surface area contributed by atoms with Gasteiger partial charge in [0.2, 0.25) is 11.9 Å². The smallest absolute Gasteiger partial charge is 0.372 e. The van der Waals surface area contributed by atoms with Crippen LogP contribution < -0.4 is 16.0 Å². The van der Waals surface area contributed by atoms with Crippen molar-refractivity contribution in [2.45, 2.75) is 24.9 Å². The Labute approximate surface area is 155 Å². The molecule has 1 amide bonds. The number of alkyl halides is 3. The van der Waals surface area contributed by atoms with Crippen molar-refractivity contribution < 1.29 is 18.0 Å². The highest BCUT2D eigenvalue weighted by Gasteiger charge is 2.42. The van der Waals surface area contributed by atoms with E-state index in [-0.39, 0.29) is 22.8 Å². The summed E-state index contributed by atoms with van der Waals surface area (Å²) in [4.78, 5) is 23.8. The summed E-state index contributed by atoms with van der Waals surface area (Å²) in [5.74, 6) is -0.573. The highest BCUT2D eigenvalue weighted by Crippen LogP contribution is 2.40. The molecule has 0 spiro atoms. The molecule has 140 valence electrons. The Kier molecular flexibility index (Phi) is 4.69. The van der Waals surface area contributed by atoms with Crippen LogP contribution in [0.25, 0.3) is 0 Å². The van der Waals surface area contributed by atoms with Crippen LogP contribution in [0.15, 0.2) is 6.20 Å². The van der Waals surface area contributed by atoms with Crippen LogP contribution in [0, 0.1) is 0 Å². The van der Waals surface area contributed by atoms with Crippen molar-refractivity contribution in [3.05, 3.63) is 21.9 Å². The summed E-state index contributed by atoms with van der Waals surface area (Å²) in [7, 11) is 1.33. The first-order valence-electron chi connectivity index (χ1n) is 7.49. The van der Waals surface area contributed by atoms with Gasteiger partial charge in [0.25, 0.3) is 0 Å². The summed E-state index contributed by atoms with van der Waals surface area (Å²) in [6.45, 7) is 2.31. The van der Waals surface area contributed by atoms with E-state index in [1.165, 1.54) is 7.05 Å². The molecule has 3 rings (SSSR count). The van der Waals surface area contributed by atoms with Crippen molar-refractivity contribution in [3.63, 3.8) is 0 Å². The zero-order valence-electron chi connectivity index (χ0n) is 13.7. The third kappa shape index (κ3) is 3.28. The maximum absolute atomic E-state index is 12.9. The lowest BCUT2D eigenvalue weighted by atomic mass is 9.90. The Bertz CT molecular complexity index is 858. The Balaban J connectivity index is 1.89. The third-order valence-corrected chi connectivity index (χ3v) is 5.65. The number of carbonyl (C=O) groups is 1. The van der Waals surface area contributed by atoms with Crippen molar-refractivity contribution in [2.75, 3.05) is 24.2 Å². The van der Waals surface area contributed by atoms with Crippen molar-refractivity contribution in [3.8, 4) is 0 Å². The van der Waals surface area contributed by atoms with Gasteiger partial charge in [-0.25, -0.2) is 9.97 Å². The summed E-state index contributed by atoms with van der Waals surface area (Å²) in [5.41, 5.74) is -1.76. The van der Waals surface area contributed by atoms with Crippen LogP contribution in [-0.4, -0.2) is 34.5 Å². The van der Waals surface area contributed by atoms with E-state index in [9.17, 15) is 18.0 Å². The number of nitrogens with one attached hydrogen (secondary N) is 3. The van der Waals surface area contributed by atoms with Crippen molar-refractivity contribution in [2.24, 2.45) is 0 Å². The fraction of sp³-hybridized carbons (Fsp3) is 0.429. The van der Waals surface area contributed by atoms with Gasteiger partial charge in [0, 0.05) is 19.8 Å². The predicted molar refractivity (Wildman–Crippen MR) is 92.0 cm³/mol. The van der Waals surface area contributed by atoms with Gasteiger partial charge in [0.15, 0.2) is 5.15 Å². The zero-order valence-corrected chi connectivity index (χ0v) is 15.2. The van der Waals surface area contributed by atoms with E-state index < -0.39 is 17.2 Å². The van der Waals surface area contributed by atoms with Crippen LogP contribution >= 0.6 is 22.9 Å². The minimum Gasteiger partial charge on any atom is -0.372 e. The van der Waals surface area contributed by atoms with Crippen molar-refractivity contribution in [1.29, 1.82) is 0 Å². The minimum atomic E-state index is -4.57. The first-order chi connectivity index (χ1) is 12.1. The molecule has 26 heavy (non-hydrogen) atoms. The number of hydrogen-bond acceptors (Lipinski definition) is 7. The highest BCUT2D eigenvalue weighted by atomic mass is 35.5. The molecule has 0 bridgehead atoms. The normalized spacial score (nSPS) is 20.2. The first-order valence-corrected chi connectivity index (χ1v) is 8.68. The second-order valence-electron chi connectivity index (χ2n) is 5.81. The maximum Gasteiger partial charge on any atom is 0.421 e. The number of carbonyl (C=O) groups excluding carboxylic acids is 1. The molecule has 1 fully saturated rings. The number of hydrogen-bond donors (Lipinski definition) is 3. The molecule has 1 atom stereocenters. The van der Waals surface area contributed by atoms with Crippen molar-refractivity contribution >= 4 is 45.6 Å². The lowest BCUT2D eigenvalue weighted by molar-refractivity contribution is -0.137. The molecule has 1 saturated heterocycles. The lowest BCUT2D eigenvalue weighted by Crippen LogP contribution is -2.32. The highest BCUT2D eigenvalue weighted by molar-refractivity contribution is 7.16. The number of rotatable bonds is 4. The molecule has 0 saturated carbocycles. The monoisotopic (exact) mass is 406 g/mol. The number of anilines is 3. The number of aromatic nitrogens is 3. The van der Waals surface area contributed by atoms with Gasteiger partial charge in [0.1, 0.15) is 21.4 Å². The molecule has 2 aromatic heterocycles. The largest absolute Gasteiger partial charge is 0.421 e. The standard InChI is InChI=1S/C14H14ClF3N6OS/c1-13(3-4-20-10(13)25)11-22-7(15)9(26-11)24-12-21-5-6(14(16,17)18)8(19-2)23-12/h5H,3-4H2,1-2H3,(H,20,25)(H2,19,21,23,24). The van der Waals surface area contributed by atoms with Crippen LogP contribution in [0.4, 0.5) is 29.9 Å². The van der Waals surface area contributed by atoms with Gasteiger partial charge in [-0.05, 0) is 13.3 Å².